The minimum atomic E-state index is 0.547. The number of nitrogens with zero attached hydrogens (tertiary/aromatic N) is 1. The Bertz CT molecular complexity index is 399. The van der Waals surface area contributed by atoms with E-state index in [-0.39, 0.29) is 0 Å². The summed E-state index contributed by atoms with van der Waals surface area (Å²) in [7, 11) is 2.02. The first-order chi connectivity index (χ1) is 7.33. The van der Waals surface area contributed by atoms with Crippen LogP contribution in [-0.4, -0.2) is 18.1 Å². The fourth-order valence-electron chi connectivity index (χ4n) is 1.67. The zero-order chi connectivity index (χ0) is 10.7. The van der Waals surface area contributed by atoms with Crippen molar-refractivity contribution in [1.82, 2.24) is 10.3 Å². The van der Waals surface area contributed by atoms with Crippen LogP contribution >= 0.6 is 11.3 Å². The van der Waals surface area contributed by atoms with Crippen molar-refractivity contribution in [3.05, 3.63) is 29.3 Å². The molecule has 2 rings (SSSR count). The quantitative estimate of drug-likeness (QED) is 0.857. The number of hydrogen-bond acceptors (Lipinski definition) is 3. The summed E-state index contributed by atoms with van der Waals surface area (Å²) in [5.41, 5.74) is 1.13. The predicted octanol–water partition coefficient (Wildman–Crippen LogP) is 2.84. The van der Waals surface area contributed by atoms with E-state index in [1.54, 1.807) is 11.3 Å². The number of likely N-dealkylation sites (N-methyl/N-ethyl adjacent to an activating group) is 1. The lowest BCUT2D eigenvalue weighted by Crippen LogP contribution is -2.26. The van der Waals surface area contributed by atoms with E-state index in [2.05, 4.69) is 35.4 Å². The fourth-order valence-corrected chi connectivity index (χ4v) is 2.72. The zero-order valence-corrected chi connectivity index (χ0v) is 9.97. The van der Waals surface area contributed by atoms with Gasteiger partial charge >= 0.3 is 0 Å². The minimum Gasteiger partial charge on any atom is -0.317 e. The van der Waals surface area contributed by atoms with Crippen LogP contribution in [-0.2, 0) is 6.42 Å². The highest BCUT2D eigenvalue weighted by Crippen LogP contribution is 2.22. The lowest BCUT2D eigenvalue weighted by atomic mass is 10.2. The van der Waals surface area contributed by atoms with E-state index < -0.39 is 0 Å². The molecule has 1 heterocycles. The maximum Gasteiger partial charge on any atom is 0.0954 e. The number of aromatic nitrogens is 1. The van der Waals surface area contributed by atoms with Crippen LogP contribution in [0.3, 0.4) is 0 Å². The van der Waals surface area contributed by atoms with Gasteiger partial charge in [-0.25, -0.2) is 4.98 Å². The Labute approximate surface area is 94.3 Å². The molecule has 1 aromatic heterocycles. The molecule has 0 aliphatic carbocycles. The first kappa shape index (κ1) is 10.6. The summed E-state index contributed by atoms with van der Waals surface area (Å²) in [4.78, 5) is 4.63. The Kier molecular flexibility index (Phi) is 3.34. The summed E-state index contributed by atoms with van der Waals surface area (Å²) >= 11 is 1.81. The standard InChI is InChI=1S/C12H16N2S/c1-3-9(13-2)8-12-14-10-6-4-5-7-11(10)15-12/h4-7,9,13H,3,8H2,1-2H3. The van der Waals surface area contributed by atoms with Crippen LogP contribution in [0.1, 0.15) is 18.4 Å². The second-order valence-electron chi connectivity index (χ2n) is 3.67. The highest BCUT2D eigenvalue weighted by molar-refractivity contribution is 7.18. The van der Waals surface area contributed by atoms with Crippen LogP contribution in [0.2, 0.25) is 0 Å². The van der Waals surface area contributed by atoms with Gasteiger partial charge in [-0.05, 0) is 25.6 Å². The van der Waals surface area contributed by atoms with Gasteiger partial charge in [0.1, 0.15) is 0 Å². The van der Waals surface area contributed by atoms with E-state index in [9.17, 15) is 0 Å². The van der Waals surface area contributed by atoms with Gasteiger partial charge in [-0.3, -0.25) is 0 Å². The number of hydrogen-bond donors (Lipinski definition) is 1. The first-order valence-electron chi connectivity index (χ1n) is 5.35. The molecular weight excluding hydrogens is 204 g/mol. The van der Waals surface area contributed by atoms with Crippen molar-refractivity contribution in [3.8, 4) is 0 Å². The Balaban J connectivity index is 2.21. The van der Waals surface area contributed by atoms with Gasteiger partial charge < -0.3 is 5.32 Å². The normalized spacial score (nSPS) is 13.2. The SMILES string of the molecule is CCC(Cc1nc2ccccc2s1)NC. The summed E-state index contributed by atoms with van der Waals surface area (Å²) < 4.78 is 1.29. The van der Waals surface area contributed by atoms with Crippen LogP contribution in [0.15, 0.2) is 24.3 Å². The second kappa shape index (κ2) is 4.73. The number of fused-ring (bicyclic) bond motifs is 1. The first-order valence-corrected chi connectivity index (χ1v) is 6.17. The highest BCUT2D eigenvalue weighted by atomic mass is 32.1. The van der Waals surface area contributed by atoms with Crippen LogP contribution in [0.25, 0.3) is 10.2 Å². The van der Waals surface area contributed by atoms with Crippen molar-refractivity contribution >= 4 is 21.6 Å². The monoisotopic (exact) mass is 220 g/mol. The fraction of sp³-hybridized carbons (Fsp3) is 0.417. The molecular formula is C12H16N2S. The topological polar surface area (TPSA) is 24.9 Å². The van der Waals surface area contributed by atoms with Gasteiger partial charge in [-0.15, -0.1) is 11.3 Å². The molecule has 0 aliphatic heterocycles. The molecule has 0 aliphatic rings. The molecule has 0 amide bonds. The molecule has 2 nitrogen and oxygen atoms in total. The minimum absolute atomic E-state index is 0.547. The van der Waals surface area contributed by atoms with Crippen molar-refractivity contribution in [2.24, 2.45) is 0 Å². The molecule has 0 saturated heterocycles. The van der Waals surface area contributed by atoms with E-state index in [0.717, 1.165) is 18.4 Å². The summed E-state index contributed by atoms with van der Waals surface area (Å²) in [5.74, 6) is 0. The molecule has 0 bridgehead atoms. The molecule has 1 N–H and O–H groups in total. The van der Waals surface area contributed by atoms with Gasteiger partial charge in [-0.1, -0.05) is 19.1 Å². The number of para-hydroxylation sites is 1. The van der Waals surface area contributed by atoms with Crippen molar-refractivity contribution in [1.29, 1.82) is 0 Å². The lowest BCUT2D eigenvalue weighted by molar-refractivity contribution is 0.542. The summed E-state index contributed by atoms with van der Waals surface area (Å²) in [6.07, 6.45) is 2.18. The Morgan fingerprint density at radius 1 is 1.40 bits per heavy atom. The Morgan fingerprint density at radius 2 is 2.20 bits per heavy atom. The maximum absolute atomic E-state index is 4.63. The summed E-state index contributed by atoms with van der Waals surface area (Å²) in [5, 5.41) is 4.54. The average molecular weight is 220 g/mol. The molecule has 1 unspecified atom stereocenters. The number of benzene rings is 1. The smallest absolute Gasteiger partial charge is 0.0954 e. The van der Waals surface area contributed by atoms with E-state index >= 15 is 0 Å². The van der Waals surface area contributed by atoms with Crippen LogP contribution in [0.5, 0.6) is 0 Å². The predicted molar refractivity (Wildman–Crippen MR) is 66.5 cm³/mol. The van der Waals surface area contributed by atoms with Crippen molar-refractivity contribution in [2.45, 2.75) is 25.8 Å². The van der Waals surface area contributed by atoms with Gasteiger partial charge in [0.2, 0.25) is 0 Å². The average Bonchev–Trinajstić information content (AvgIpc) is 2.68. The molecule has 0 saturated carbocycles. The number of nitrogens with one attached hydrogen (secondary N) is 1. The Hall–Kier alpha value is -0.930. The second-order valence-corrected chi connectivity index (χ2v) is 4.79. The molecule has 1 aromatic carbocycles. The van der Waals surface area contributed by atoms with E-state index in [0.29, 0.717) is 6.04 Å². The largest absolute Gasteiger partial charge is 0.317 e. The number of thiazole rings is 1. The summed E-state index contributed by atoms with van der Waals surface area (Å²) in [6, 6.07) is 8.87. The van der Waals surface area contributed by atoms with Crippen LogP contribution in [0, 0.1) is 0 Å². The van der Waals surface area contributed by atoms with Gasteiger partial charge in [0, 0.05) is 12.5 Å². The van der Waals surface area contributed by atoms with Crippen LogP contribution < -0.4 is 5.32 Å². The molecule has 0 spiro atoms. The van der Waals surface area contributed by atoms with Crippen molar-refractivity contribution in [2.75, 3.05) is 7.05 Å². The Morgan fingerprint density at radius 3 is 2.87 bits per heavy atom. The molecule has 3 heteroatoms. The molecule has 15 heavy (non-hydrogen) atoms. The lowest BCUT2D eigenvalue weighted by Gasteiger charge is -2.10. The third kappa shape index (κ3) is 2.36. The van der Waals surface area contributed by atoms with Gasteiger partial charge in [-0.2, -0.15) is 0 Å². The maximum atomic E-state index is 4.63. The van der Waals surface area contributed by atoms with E-state index in [1.807, 2.05) is 13.1 Å². The molecule has 1 atom stereocenters. The van der Waals surface area contributed by atoms with E-state index in [1.165, 1.54) is 9.71 Å². The number of rotatable bonds is 4. The molecule has 0 radical (unpaired) electrons. The van der Waals surface area contributed by atoms with Crippen molar-refractivity contribution in [3.63, 3.8) is 0 Å². The highest BCUT2D eigenvalue weighted by Gasteiger charge is 2.08. The summed E-state index contributed by atoms with van der Waals surface area (Å²) in [6.45, 7) is 2.20. The van der Waals surface area contributed by atoms with E-state index in [4.69, 9.17) is 0 Å². The zero-order valence-electron chi connectivity index (χ0n) is 9.16. The molecule has 2 aromatic rings. The van der Waals surface area contributed by atoms with Gasteiger partial charge in [0.05, 0.1) is 15.2 Å². The third-order valence-electron chi connectivity index (χ3n) is 2.66. The van der Waals surface area contributed by atoms with Crippen molar-refractivity contribution < 1.29 is 0 Å². The van der Waals surface area contributed by atoms with Crippen LogP contribution in [0.4, 0.5) is 0 Å². The third-order valence-corrected chi connectivity index (χ3v) is 3.72. The van der Waals surface area contributed by atoms with Gasteiger partial charge in [0.15, 0.2) is 0 Å². The molecule has 80 valence electrons. The molecule has 0 fully saturated rings. The van der Waals surface area contributed by atoms with Gasteiger partial charge in [0.25, 0.3) is 0 Å².